The van der Waals surface area contributed by atoms with Gasteiger partial charge in [-0.1, -0.05) is 6.92 Å². The molecule has 1 aromatic carbocycles. The maximum atomic E-state index is 13.2. The number of carbonyl (C=O) groups is 2. The highest BCUT2D eigenvalue weighted by Gasteiger charge is 2.20. The zero-order valence-electron chi connectivity index (χ0n) is 11.8. The molecule has 0 unspecified atom stereocenters. The summed E-state index contributed by atoms with van der Waals surface area (Å²) in [6, 6.07) is 2.86. The molecule has 8 heteroatoms. The second kappa shape index (κ2) is 7.32. The van der Waals surface area contributed by atoms with E-state index >= 15 is 0 Å². The number of halogens is 1. The van der Waals surface area contributed by atoms with Gasteiger partial charge < -0.3 is 10.2 Å². The molecule has 0 fully saturated rings. The van der Waals surface area contributed by atoms with Crippen LogP contribution in [0.2, 0.25) is 0 Å². The van der Waals surface area contributed by atoms with Crippen molar-refractivity contribution in [2.45, 2.75) is 13.3 Å². The van der Waals surface area contributed by atoms with Crippen LogP contribution in [-0.4, -0.2) is 41.8 Å². The molecule has 0 aliphatic carbocycles. The third-order valence-corrected chi connectivity index (χ3v) is 2.69. The van der Waals surface area contributed by atoms with Gasteiger partial charge in [-0.05, 0) is 18.6 Å². The maximum Gasteiger partial charge on any atom is 0.305 e. The Hall–Kier alpha value is -2.51. The van der Waals surface area contributed by atoms with Crippen LogP contribution >= 0.6 is 0 Å². The van der Waals surface area contributed by atoms with Crippen LogP contribution in [0.3, 0.4) is 0 Å². The summed E-state index contributed by atoms with van der Waals surface area (Å²) in [5, 5.41) is 13.2. The molecule has 0 saturated heterocycles. The monoisotopic (exact) mass is 297 g/mol. The summed E-state index contributed by atoms with van der Waals surface area (Å²) >= 11 is 0. The van der Waals surface area contributed by atoms with Crippen molar-refractivity contribution in [3.8, 4) is 0 Å². The van der Waals surface area contributed by atoms with Crippen LogP contribution in [0.15, 0.2) is 18.2 Å². The maximum absolute atomic E-state index is 13.2. The van der Waals surface area contributed by atoms with E-state index in [-0.39, 0.29) is 18.0 Å². The summed E-state index contributed by atoms with van der Waals surface area (Å²) in [6.07, 6.45) is 0.771. The highest BCUT2D eigenvalue weighted by Crippen LogP contribution is 2.19. The second-order valence-electron chi connectivity index (χ2n) is 4.43. The van der Waals surface area contributed by atoms with Gasteiger partial charge in [-0.25, -0.2) is 0 Å². The van der Waals surface area contributed by atoms with Gasteiger partial charge in [0.15, 0.2) is 0 Å². The van der Waals surface area contributed by atoms with Crippen LogP contribution in [0.4, 0.5) is 10.1 Å². The third kappa shape index (κ3) is 4.51. The van der Waals surface area contributed by atoms with E-state index in [4.69, 9.17) is 0 Å². The number of benzene rings is 1. The van der Waals surface area contributed by atoms with Gasteiger partial charge in [0.1, 0.15) is 0 Å². The third-order valence-electron chi connectivity index (χ3n) is 2.69. The SMILES string of the molecule is CCCNC(=O)CN(C)C(=O)c1ccc(F)c([N+](=O)[O-])c1. The van der Waals surface area contributed by atoms with Gasteiger partial charge in [-0.2, -0.15) is 4.39 Å². The van der Waals surface area contributed by atoms with Crippen molar-refractivity contribution < 1.29 is 18.9 Å². The number of likely N-dealkylation sites (N-methyl/N-ethyl adjacent to an activating group) is 1. The molecule has 0 saturated carbocycles. The van der Waals surface area contributed by atoms with E-state index in [0.29, 0.717) is 6.54 Å². The van der Waals surface area contributed by atoms with E-state index in [1.165, 1.54) is 7.05 Å². The van der Waals surface area contributed by atoms with Gasteiger partial charge in [0.2, 0.25) is 11.7 Å². The molecule has 0 aromatic heterocycles. The van der Waals surface area contributed by atoms with Crippen molar-refractivity contribution in [3.05, 3.63) is 39.7 Å². The predicted octanol–water partition coefficient (Wildman–Crippen LogP) is 1.33. The standard InChI is InChI=1S/C13H16FN3O4/c1-3-6-15-12(18)8-16(2)13(19)9-4-5-10(14)11(7-9)17(20)21/h4-5,7H,3,6,8H2,1-2H3,(H,15,18). The lowest BCUT2D eigenvalue weighted by Gasteiger charge is -2.16. The number of carbonyl (C=O) groups excluding carboxylic acids is 2. The average molecular weight is 297 g/mol. The topological polar surface area (TPSA) is 92.6 Å². The number of nitro benzene ring substituents is 1. The minimum absolute atomic E-state index is 0.0473. The molecule has 0 radical (unpaired) electrons. The number of nitro groups is 1. The minimum atomic E-state index is -1.01. The molecule has 21 heavy (non-hydrogen) atoms. The fourth-order valence-electron chi connectivity index (χ4n) is 1.61. The average Bonchev–Trinajstić information content (AvgIpc) is 2.44. The zero-order valence-corrected chi connectivity index (χ0v) is 11.8. The Balaban J connectivity index is 2.81. The number of hydrogen-bond acceptors (Lipinski definition) is 4. The summed E-state index contributed by atoms with van der Waals surface area (Å²) in [6.45, 7) is 2.22. The number of nitrogens with zero attached hydrogens (tertiary/aromatic N) is 2. The van der Waals surface area contributed by atoms with Crippen molar-refractivity contribution >= 4 is 17.5 Å². The highest BCUT2D eigenvalue weighted by molar-refractivity contribution is 5.96. The first kappa shape index (κ1) is 16.5. The lowest BCUT2D eigenvalue weighted by atomic mass is 10.1. The molecule has 1 aromatic rings. The Morgan fingerprint density at radius 3 is 2.67 bits per heavy atom. The van der Waals surface area contributed by atoms with E-state index in [2.05, 4.69) is 5.32 Å². The van der Waals surface area contributed by atoms with Gasteiger partial charge in [-0.3, -0.25) is 19.7 Å². The van der Waals surface area contributed by atoms with Crippen LogP contribution in [0.5, 0.6) is 0 Å². The van der Waals surface area contributed by atoms with Crippen LogP contribution in [0.1, 0.15) is 23.7 Å². The molecular formula is C13H16FN3O4. The van der Waals surface area contributed by atoms with Crippen molar-refractivity contribution in [2.24, 2.45) is 0 Å². The number of nitrogens with one attached hydrogen (secondary N) is 1. The lowest BCUT2D eigenvalue weighted by Crippen LogP contribution is -2.38. The normalized spacial score (nSPS) is 10.0. The fraction of sp³-hybridized carbons (Fsp3) is 0.385. The molecular weight excluding hydrogens is 281 g/mol. The van der Waals surface area contributed by atoms with Crippen molar-refractivity contribution in [1.29, 1.82) is 0 Å². The van der Waals surface area contributed by atoms with Gasteiger partial charge in [0.05, 0.1) is 11.5 Å². The minimum Gasteiger partial charge on any atom is -0.355 e. The van der Waals surface area contributed by atoms with Gasteiger partial charge >= 0.3 is 5.69 Å². The van der Waals surface area contributed by atoms with Crippen molar-refractivity contribution in [1.82, 2.24) is 10.2 Å². The summed E-state index contributed by atoms with van der Waals surface area (Å²) < 4.78 is 13.2. The molecule has 114 valence electrons. The summed E-state index contributed by atoms with van der Waals surface area (Å²) in [4.78, 5) is 34.4. The Bertz CT molecular complexity index is 562. The van der Waals surface area contributed by atoms with Gasteiger partial charge in [0.25, 0.3) is 5.91 Å². The molecule has 0 spiro atoms. The highest BCUT2D eigenvalue weighted by atomic mass is 19.1. The summed E-state index contributed by atoms with van der Waals surface area (Å²) in [5.74, 6) is -1.94. The summed E-state index contributed by atoms with van der Waals surface area (Å²) in [5.41, 5.74) is -0.821. The quantitative estimate of drug-likeness (QED) is 0.633. The smallest absolute Gasteiger partial charge is 0.305 e. The van der Waals surface area contributed by atoms with Crippen molar-refractivity contribution in [3.63, 3.8) is 0 Å². The summed E-state index contributed by atoms with van der Waals surface area (Å²) in [7, 11) is 1.39. The predicted molar refractivity (Wildman–Crippen MR) is 73.3 cm³/mol. The molecule has 1 N–H and O–H groups in total. The van der Waals surface area contributed by atoms with Gasteiger partial charge in [-0.15, -0.1) is 0 Å². The van der Waals surface area contributed by atoms with E-state index in [9.17, 15) is 24.1 Å². The van der Waals surface area contributed by atoms with Crippen LogP contribution < -0.4 is 5.32 Å². The molecule has 0 heterocycles. The molecule has 0 aliphatic rings. The van der Waals surface area contributed by atoms with E-state index in [1.807, 2.05) is 6.92 Å². The number of rotatable bonds is 6. The molecule has 0 aliphatic heterocycles. The van der Waals surface area contributed by atoms with E-state index in [0.717, 1.165) is 29.5 Å². The first-order valence-electron chi connectivity index (χ1n) is 6.33. The molecule has 2 amide bonds. The first-order valence-corrected chi connectivity index (χ1v) is 6.33. The second-order valence-corrected chi connectivity index (χ2v) is 4.43. The van der Waals surface area contributed by atoms with Gasteiger partial charge in [0, 0.05) is 25.2 Å². The number of hydrogen-bond donors (Lipinski definition) is 1. The van der Waals surface area contributed by atoms with Crippen molar-refractivity contribution in [2.75, 3.05) is 20.1 Å². The van der Waals surface area contributed by atoms with Crippen LogP contribution in [0.25, 0.3) is 0 Å². The van der Waals surface area contributed by atoms with E-state index < -0.39 is 22.3 Å². The number of amides is 2. The van der Waals surface area contributed by atoms with Crippen LogP contribution in [0, 0.1) is 15.9 Å². The molecule has 7 nitrogen and oxygen atoms in total. The van der Waals surface area contributed by atoms with Crippen LogP contribution in [-0.2, 0) is 4.79 Å². The largest absolute Gasteiger partial charge is 0.355 e. The van der Waals surface area contributed by atoms with E-state index in [1.54, 1.807) is 0 Å². The Morgan fingerprint density at radius 1 is 1.43 bits per heavy atom. The molecule has 0 bridgehead atoms. The lowest BCUT2D eigenvalue weighted by molar-refractivity contribution is -0.387. The Morgan fingerprint density at radius 2 is 2.10 bits per heavy atom. The first-order chi connectivity index (χ1) is 9.86. The molecule has 1 rings (SSSR count). The Labute approximate surface area is 120 Å². The molecule has 0 atom stereocenters. The fourth-order valence-corrected chi connectivity index (χ4v) is 1.61. The zero-order chi connectivity index (χ0) is 16.0. The Kier molecular flexibility index (Phi) is 5.77.